The van der Waals surface area contributed by atoms with Gasteiger partial charge in [0.2, 0.25) is 0 Å². The fourth-order valence-corrected chi connectivity index (χ4v) is 3.57. The summed E-state index contributed by atoms with van der Waals surface area (Å²) >= 11 is 0. The number of nitrogens with one attached hydrogen (secondary N) is 2. The highest BCUT2D eigenvalue weighted by molar-refractivity contribution is 5.94. The molecule has 0 aliphatic carbocycles. The molecule has 4 heterocycles. The number of H-pyrrole nitrogens is 1. The number of aromatic amines is 1. The molecule has 1 aliphatic rings. The van der Waals surface area contributed by atoms with Gasteiger partial charge in [0.15, 0.2) is 5.69 Å². The molecule has 9 heteroatoms. The largest absolute Gasteiger partial charge is 0.348 e. The third-order valence-electron chi connectivity index (χ3n) is 5.11. The second kappa shape index (κ2) is 6.99. The first kappa shape index (κ1) is 18.0. The number of carbonyl (C=O) groups excluding carboxylic acids is 2. The average molecular weight is 382 g/mol. The van der Waals surface area contributed by atoms with Crippen molar-refractivity contribution in [2.24, 2.45) is 7.05 Å². The lowest BCUT2D eigenvalue weighted by Crippen LogP contribution is -2.46. The van der Waals surface area contributed by atoms with Gasteiger partial charge in [-0.1, -0.05) is 0 Å². The Balaban J connectivity index is 1.40. The Bertz CT molecular complexity index is 1100. The summed E-state index contributed by atoms with van der Waals surface area (Å²) in [5, 5.41) is 7.29. The molecule has 0 unspecified atom stereocenters. The molecule has 2 N–H and O–H groups in total. The van der Waals surface area contributed by atoms with Gasteiger partial charge in [-0.2, -0.15) is 5.10 Å². The first-order valence-electron chi connectivity index (χ1n) is 9.23. The van der Waals surface area contributed by atoms with Crippen LogP contribution >= 0.6 is 0 Å². The smallest absolute Gasteiger partial charge is 0.274 e. The van der Waals surface area contributed by atoms with Gasteiger partial charge in [-0.15, -0.1) is 0 Å². The van der Waals surface area contributed by atoms with E-state index in [1.807, 2.05) is 19.3 Å². The molecular weight excluding hydrogens is 360 g/mol. The number of hydrogen-bond acceptors (Lipinski definition) is 4. The number of likely N-dealkylation sites (tertiary alicyclic amines) is 1. The molecule has 0 spiro atoms. The number of fused-ring (bicyclic) bond motifs is 1. The van der Waals surface area contributed by atoms with Gasteiger partial charge in [-0.3, -0.25) is 14.4 Å². The first-order valence-corrected chi connectivity index (χ1v) is 9.23. The number of hydrogen-bond donors (Lipinski definition) is 2. The Morgan fingerprint density at radius 3 is 2.71 bits per heavy atom. The Labute approximate surface area is 161 Å². The van der Waals surface area contributed by atoms with Crippen LogP contribution in [0.4, 0.5) is 0 Å². The molecule has 4 rings (SSSR count). The quantitative estimate of drug-likeness (QED) is 0.696. The van der Waals surface area contributed by atoms with Crippen molar-refractivity contribution in [3.05, 3.63) is 58.0 Å². The van der Waals surface area contributed by atoms with Crippen molar-refractivity contribution >= 4 is 17.3 Å². The van der Waals surface area contributed by atoms with E-state index in [1.165, 1.54) is 10.6 Å². The van der Waals surface area contributed by atoms with Gasteiger partial charge in [0.1, 0.15) is 11.2 Å². The SMILES string of the molecule is Cc1cn2nc(C(=O)N3CCC(NC(=O)c4cccn4C)CC3)cc2c(=O)[nH]1. The summed E-state index contributed by atoms with van der Waals surface area (Å²) in [5.74, 6) is -0.305. The van der Waals surface area contributed by atoms with E-state index in [0.717, 1.165) is 0 Å². The van der Waals surface area contributed by atoms with Crippen LogP contribution in [0.1, 0.15) is 39.5 Å². The Hall–Kier alpha value is -3.36. The Morgan fingerprint density at radius 2 is 2.04 bits per heavy atom. The zero-order chi connectivity index (χ0) is 19.8. The highest BCUT2D eigenvalue weighted by Gasteiger charge is 2.27. The molecule has 9 nitrogen and oxygen atoms in total. The molecule has 1 aliphatic heterocycles. The summed E-state index contributed by atoms with van der Waals surface area (Å²) in [6, 6.07) is 5.15. The molecule has 146 valence electrons. The normalized spacial score (nSPS) is 15.1. The average Bonchev–Trinajstić information content (AvgIpc) is 3.28. The number of aromatic nitrogens is 4. The molecule has 3 aromatic heterocycles. The van der Waals surface area contributed by atoms with E-state index in [1.54, 1.807) is 28.7 Å². The van der Waals surface area contributed by atoms with E-state index >= 15 is 0 Å². The zero-order valence-electron chi connectivity index (χ0n) is 15.8. The van der Waals surface area contributed by atoms with Crippen molar-refractivity contribution in [3.8, 4) is 0 Å². The Morgan fingerprint density at radius 1 is 1.29 bits per heavy atom. The molecule has 2 amide bonds. The minimum Gasteiger partial charge on any atom is -0.348 e. The molecule has 0 atom stereocenters. The van der Waals surface area contributed by atoms with Gasteiger partial charge >= 0.3 is 0 Å². The summed E-state index contributed by atoms with van der Waals surface area (Å²) in [7, 11) is 1.83. The molecule has 28 heavy (non-hydrogen) atoms. The maximum Gasteiger partial charge on any atom is 0.274 e. The van der Waals surface area contributed by atoms with E-state index in [4.69, 9.17) is 0 Å². The fraction of sp³-hybridized carbons (Fsp3) is 0.368. The van der Waals surface area contributed by atoms with Gasteiger partial charge in [-0.25, -0.2) is 4.52 Å². The maximum atomic E-state index is 12.8. The Kier molecular flexibility index (Phi) is 4.50. The second-order valence-electron chi connectivity index (χ2n) is 7.17. The standard InChI is InChI=1S/C19H22N6O3/c1-12-11-25-16(18(27)20-12)10-14(22-25)19(28)24-8-5-13(6-9-24)21-17(26)15-4-3-7-23(15)2/h3-4,7,10-11,13H,5-6,8-9H2,1-2H3,(H,20,27)(H,21,26). The van der Waals surface area contributed by atoms with Crippen LogP contribution in [0.5, 0.6) is 0 Å². The first-order chi connectivity index (χ1) is 13.4. The molecule has 1 fully saturated rings. The van der Waals surface area contributed by atoms with E-state index in [0.29, 0.717) is 42.8 Å². The number of rotatable bonds is 3. The fourth-order valence-electron chi connectivity index (χ4n) is 3.57. The van der Waals surface area contributed by atoms with E-state index in [-0.39, 0.29) is 29.1 Å². The van der Waals surface area contributed by atoms with Crippen LogP contribution < -0.4 is 10.9 Å². The highest BCUT2D eigenvalue weighted by Crippen LogP contribution is 2.15. The lowest BCUT2D eigenvalue weighted by atomic mass is 10.0. The van der Waals surface area contributed by atoms with Gasteiger partial charge in [0.05, 0.1) is 0 Å². The number of piperidine rings is 1. The van der Waals surface area contributed by atoms with E-state index in [9.17, 15) is 14.4 Å². The van der Waals surface area contributed by atoms with Crippen LogP contribution in [0.2, 0.25) is 0 Å². The summed E-state index contributed by atoms with van der Waals surface area (Å²) in [6.45, 7) is 2.82. The number of nitrogens with zero attached hydrogens (tertiary/aromatic N) is 4. The zero-order valence-corrected chi connectivity index (χ0v) is 15.8. The van der Waals surface area contributed by atoms with E-state index < -0.39 is 0 Å². The summed E-state index contributed by atoms with van der Waals surface area (Å²) in [4.78, 5) is 41.5. The van der Waals surface area contributed by atoms with Crippen LogP contribution in [0.3, 0.4) is 0 Å². The van der Waals surface area contributed by atoms with Crippen LogP contribution in [-0.2, 0) is 7.05 Å². The van der Waals surface area contributed by atoms with Gasteiger partial charge in [0, 0.05) is 50.3 Å². The third kappa shape index (κ3) is 3.30. The van der Waals surface area contributed by atoms with Crippen molar-refractivity contribution in [2.75, 3.05) is 13.1 Å². The molecule has 0 radical (unpaired) electrons. The second-order valence-corrected chi connectivity index (χ2v) is 7.17. The van der Waals surface area contributed by atoms with Crippen LogP contribution in [0, 0.1) is 6.92 Å². The van der Waals surface area contributed by atoms with Crippen LogP contribution in [0.25, 0.3) is 5.52 Å². The highest BCUT2D eigenvalue weighted by atomic mass is 16.2. The number of aryl methyl sites for hydroxylation is 2. The maximum absolute atomic E-state index is 12.8. The molecular formula is C19H22N6O3. The van der Waals surface area contributed by atoms with E-state index in [2.05, 4.69) is 15.4 Å². The summed E-state index contributed by atoms with van der Waals surface area (Å²) in [6.07, 6.45) is 4.86. The molecule has 1 saturated heterocycles. The predicted octanol–water partition coefficient (Wildman–Crippen LogP) is 0.704. The minimum absolute atomic E-state index is 0.0259. The van der Waals surface area contributed by atoms with Gasteiger partial charge < -0.3 is 19.8 Å². The third-order valence-corrected chi connectivity index (χ3v) is 5.11. The number of amides is 2. The minimum atomic E-state index is -0.270. The van der Waals surface area contributed by atoms with Crippen molar-refractivity contribution in [1.29, 1.82) is 0 Å². The van der Waals surface area contributed by atoms with Crippen molar-refractivity contribution in [2.45, 2.75) is 25.8 Å². The van der Waals surface area contributed by atoms with Crippen molar-refractivity contribution < 1.29 is 9.59 Å². The monoisotopic (exact) mass is 382 g/mol. The topological polar surface area (TPSA) is 104 Å². The number of carbonyl (C=O) groups is 2. The van der Waals surface area contributed by atoms with Gasteiger partial charge in [-0.05, 0) is 31.9 Å². The van der Waals surface area contributed by atoms with Crippen LogP contribution in [-0.4, -0.2) is 55.0 Å². The van der Waals surface area contributed by atoms with Crippen LogP contribution in [0.15, 0.2) is 35.4 Å². The predicted molar refractivity (Wildman–Crippen MR) is 102 cm³/mol. The molecule has 0 saturated carbocycles. The summed E-state index contributed by atoms with van der Waals surface area (Å²) < 4.78 is 3.22. The van der Waals surface area contributed by atoms with Crippen molar-refractivity contribution in [3.63, 3.8) is 0 Å². The summed E-state index contributed by atoms with van der Waals surface area (Å²) in [5.41, 5.74) is 1.62. The molecule has 0 bridgehead atoms. The van der Waals surface area contributed by atoms with Gasteiger partial charge in [0.25, 0.3) is 17.4 Å². The van der Waals surface area contributed by atoms with Crippen molar-refractivity contribution in [1.82, 2.24) is 29.4 Å². The molecule has 3 aromatic rings. The lowest BCUT2D eigenvalue weighted by molar-refractivity contribution is 0.0691. The molecule has 0 aromatic carbocycles. The lowest BCUT2D eigenvalue weighted by Gasteiger charge is -2.32.